The molecule has 0 saturated carbocycles. The molecule has 0 heterocycles. The van der Waals surface area contributed by atoms with Gasteiger partial charge >= 0.3 is 0 Å². The molecule has 0 saturated heterocycles. The van der Waals surface area contributed by atoms with E-state index in [0.717, 1.165) is 12.0 Å². The maximum absolute atomic E-state index is 5.66. The van der Waals surface area contributed by atoms with E-state index in [1.807, 2.05) is 12.1 Å². The van der Waals surface area contributed by atoms with Gasteiger partial charge in [0, 0.05) is 5.56 Å². The van der Waals surface area contributed by atoms with Crippen molar-refractivity contribution in [1.82, 2.24) is 0 Å². The lowest BCUT2D eigenvalue weighted by Crippen LogP contribution is -1.88. The predicted molar refractivity (Wildman–Crippen MR) is 58.0 cm³/mol. The Morgan fingerprint density at radius 1 is 1.33 bits per heavy atom. The molecule has 0 unspecified atom stereocenters. The van der Waals surface area contributed by atoms with Gasteiger partial charge in [0.25, 0.3) is 0 Å². The minimum atomic E-state index is 0.443. The average molecular weight is 199 g/mol. The summed E-state index contributed by atoms with van der Waals surface area (Å²) in [6.45, 7) is 2.17. The van der Waals surface area contributed by atoms with E-state index in [1.165, 1.54) is 12.0 Å². The zero-order valence-electron chi connectivity index (χ0n) is 7.01. The second kappa shape index (κ2) is 4.58. The molecule has 0 fully saturated rings. The SMILES string of the molecule is CCCc1ccc(C(=S)Cl)cc1. The number of rotatable bonds is 3. The Balaban J connectivity index is 2.78. The van der Waals surface area contributed by atoms with E-state index in [9.17, 15) is 0 Å². The first-order valence-electron chi connectivity index (χ1n) is 4.03. The highest BCUT2D eigenvalue weighted by Gasteiger charge is 1.96. The van der Waals surface area contributed by atoms with Gasteiger partial charge in [0.2, 0.25) is 0 Å². The van der Waals surface area contributed by atoms with E-state index >= 15 is 0 Å². The molecule has 0 aliphatic rings. The monoisotopic (exact) mass is 198 g/mol. The van der Waals surface area contributed by atoms with Gasteiger partial charge in [-0.15, -0.1) is 0 Å². The van der Waals surface area contributed by atoms with Crippen LogP contribution in [0.2, 0.25) is 0 Å². The van der Waals surface area contributed by atoms with Gasteiger partial charge in [-0.1, -0.05) is 61.4 Å². The lowest BCUT2D eigenvalue weighted by molar-refractivity contribution is 0.922. The molecule has 1 aromatic carbocycles. The molecular weight excluding hydrogens is 188 g/mol. The van der Waals surface area contributed by atoms with Crippen molar-refractivity contribution in [2.24, 2.45) is 0 Å². The standard InChI is InChI=1S/C10H11ClS/c1-2-3-8-4-6-9(7-5-8)10(11)12/h4-7H,2-3H2,1H3. The Hall–Kier alpha value is -0.400. The first kappa shape index (κ1) is 9.69. The van der Waals surface area contributed by atoms with Crippen LogP contribution in [-0.4, -0.2) is 4.32 Å². The van der Waals surface area contributed by atoms with E-state index in [2.05, 4.69) is 19.1 Å². The zero-order chi connectivity index (χ0) is 8.97. The van der Waals surface area contributed by atoms with Gasteiger partial charge in [-0.3, -0.25) is 0 Å². The average Bonchev–Trinajstić information content (AvgIpc) is 2.06. The van der Waals surface area contributed by atoms with Crippen LogP contribution in [0.25, 0.3) is 0 Å². The van der Waals surface area contributed by atoms with Crippen molar-refractivity contribution in [3.05, 3.63) is 35.4 Å². The van der Waals surface area contributed by atoms with Crippen LogP contribution < -0.4 is 0 Å². The second-order valence-corrected chi connectivity index (χ2v) is 3.73. The molecule has 1 aromatic rings. The summed E-state index contributed by atoms with van der Waals surface area (Å²) < 4.78 is 0.443. The topological polar surface area (TPSA) is 0 Å². The highest BCUT2D eigenvalue weighted by Crippen LogP contribution is 2.09. The Labute approximate surface area is 83.6 Å². The van der Waals surface area contributed by atoms with Crippen LogP contribution >= 0.6 is 23.8 Å². The van der Waals surface area contributed by atoms with Gasteiger partial charge < -0.3 is 0 Å². The van der Waals surface area contributed by atoms with Crippen molar-refractivity contribution in [3.8, 4) is 0 Å². The van der Waals surface area contributed by atoms with E-state index in [-0.39, 0.29) is 0 Å². The summed E-state index contributed by atoms with van der Waals surface area (Å²) in [5.74, 6) is 0. The number of aryl methyl sites for hydroxylation is 1. The first-order chi connectivity index (χ1) is 5.74. The van der Waals surface area contributed by atoms with Gasteiger partial charge in [0.1, 0.15) is 4.32 Å². The van der Waals surface area contributed by atoms with Crippen molar-refractivity contribution < 1.29 is 0 Å². The normalized spacial score (nSPS) is 9.83. The molecule has 1 rings (SSSR count). The highest BCUT2D eigenvalue weighted by molar-refractivity contribution is 7.83. The summed E-state index contributed by atoms with van der Waals surface area (Å²) in [6.07, 6.45) is 2.29. The Kier molecular flexibility index (Phi) is 3.70. The molecule has 0 bridgehead atoms. The summed E-state index contributed by atoms with van der Waals surface area (Å²) in [6, 6.07) is 8.10. The number of hydrogen-bond donors (Lipinski definition) is 0. The lowest BCUT2D eigenvalue weighted by atomic mass is 10.1. The molecule has 0 radical (unpaired) electrons. The summed E-state index contributed by atoms with van der Waals surface area (Å²) >= 11 is 10.5. The minimum Gasteiger partial charge on any atom is -0.0709 e. The van der Waals surface area contributed by atoms with Crippen LogP contribution in [0.4, 0.5) is 0 Å². The molecule has 0 aromatic heterocycles. The Morgan fingerprint density at radius 3 is 2.33 bits per heavy atom. The van der Waals surface area contributed by atoms with Crippen molar-refractivity contribution in [3.63, 3.8) is 0 Å². The molecule has 0 spiro atoms. The van der Waals surface area contributed by atoms with Gasteiger partial charge in [-0.2, -0.15) is 0 Å². The molecule has 64 valence electrons. The molecule has 0 N–H and O–H groups in total. The summed E-state index contributed by atoms with van der Waals surface area (Å²) in [5, 5.41) is 0. The third-order valence-corrected chi connectivity index (χ3v) is 2.17. The summed E-state index contributed by atoms with van der Waals surface area (Å²) in [7, 11) is 0. The van der Waals surface area contributed by atoms with Crippen molar-refractivity contribution in [1.29, 1.82) is 0 Å². The summed E-state index contributed by atoms with van der Waals surface area (Å²) in [4.78, 5) is 0. The van der Waals surface area contributed by atoms with Crippen LogP contribution in [0, 0.1) is 0 Å². The fourth-order valence-electron chi connectivity index (χ4n) is 1.09. The van der Waals surface area contributed by atoms with Gasteiger partial charge in [-0.05, 0) is 12.0 Å². The van der Waals surface area contributed by atoms with Crippen LogP contribution in [0.15, 0.2) is 24.3 Å². The largest absolute Gasteiger partial charge is 0.111 e. The highest BCUT2D eigenvalue weighted by atomic mass is 35.5. The molecule has 0 atom stereocenters. The predicted octanol–water partition coefficient (Wildman–Crippen LogP) is 3.55. The molecular formula is C10H11ClS. The molecule has 0 amide bonds. The van der Waals surface area contributed by atoms with E-state index in [4.69, 9.17) is 23.8 Å². The lowest BCUT2D eigenvalue weighted by Gasteiger charge is -1.99. The maximum atomic E-state index is 5.66. The third kappa shape index (κ3) is 2.58. The molecule has 2 heteroatoms. The zero-order valence-corrected chi connectivity index (χ0v) is 8.58. The van der Waals surface area contributed by atoms with E-state index in [1.54, 1.807) is 0 Å². The van der Waals surface area contributed by atoms with Gasteiger partial charge in [0.15, 0.2) is 0 Å². The first-order valence-corrected chi connectivity index (χ1v) is 4.81. The number of thiocarbonyl (C=S) groups is 1. The van der Waals surface area contributed by atoms with Crippen LogP contribution in [-0.2, 0) is 6.42 Å². The van der Waals surface area contributed by atoms with Gasteiger partial charge in [0.05, 0.1) is 0 Å². The van der Waals surface area contributed by atoms with E-state index < -0.39 is 0 Å². The number of benzene rings is 1. The quantitative estimate of drug-likeness (QED) is 0.529. The fourth-order valence-corrected chi connectivity index (χ4v) is 1.35. The van der Waals surface area contributed by atoms with Crippen LogP contribution in [0.1, 0.15) is 24.5 Å². The van der Waals surface area contributed by atoms with Crippen LogP contribution in [0.3, 0.4) is 0 Å². The summed E-state index contributed by atoms with van der Waals surface area (Å²) in [5.41, 5.74) is 2.28. The van der Waals surface area contributed by atoms with E-state index in [0.29, 0.717) is 4.32 Å². The number of hydrogen-bond acceptors (Lipinski definition) is 1. The maximum Gasteiger partial charge on any atom is 0.111 e. The molecule has 12 heavy (non-hydrogen) atoms. The third-order valence-electron chi connectivity index (χ3n) is 1.72. The molecule has 0 aliphatic carbocycles. The molecule has 0 aliphatic heterocycles. The van der Waals surface area contributed by atoms with Crippen molar-refractivity contribution >= 4 is 28.1 Å². The van der Waals surface area contributed by atoms with Crippen molar-refractivity contribution in [2.45, 2.75) is 19.8 Å². The number of halogens is 1. The second-order valence-electron chi connectivity index (χ2n) is 2.72. The van der Waals surface area contributed by atoms with Gasteiger partial charge in [-0.25, -0.2) is 0 Å². The Morgan fingerprint density at radius 2 is 1.92 bits per heavy atom. The smallest absolute Gasteiger partial charge is 0.0709 e. The van der Waals surface area contributed by atoms with Crippen molar-refractivity contribution in [2.75, 3.05) is 0 Å². The minimum absolute atomic E-state index is 0.443. The molecule has 0 nitrogen and oxygen atoms in total. The fraction of sp³-hybridized carbons (Fsp3) is 0.300. The van der Waals surface area contributed by atoms with Crippen LogP contribution in [0.5, 0.6) is 0 Å². The Bertz CT molecular complexity index is 264.